The predicted octanol–water partition coefficient (Wildman–Crippen LogP) is 3.90. The van der Waals surface area contributed by atoms with Crippen LogP contribution in [0.4, 0.5) is 14.6 Å². The quantitative estimate of drug-likeness (QED) is 0.690. The van der Waals surface area contributed by atoms with E-state index < -0.39 is 13.0 Å². The second-order valence-corrected chi connectivity index (χ2v) is 6.63. The Kier molecular flexibility index (Phi) is 7.69. The first-order valence-corrected chi connectivity index (χ1v) is 8.88. The number of carbonyl (C=O) groups is 2. The van der Waals surface area contributed by atoms with Gasteiger partial charge in [0.05, 0.1) is 5.02 Å². The van der Waals surface area contributed by atoms with E-state index in [9.17, 15) is 18.4 Å². The Morgan fingerprint density at radius 2 is 1.96 bits per heavy atom. The minimum absolute atomic E-state index is 0.150. The molecule has 2 amide bonds. The first kappa shape index (κ1) is 21.6. The maximum atomic E-state index is 12.3. The zero-order chi connectivity index (χ0) is 20.7. The van der Waals surface area contributed by atoms with Crippen LogP contribution in [0.5, 0.6) is 5.75 Å². The molecule has 0 saturated heterocycles. The standard InChI is InChI=1S/C19H20ClF2N3O3/c1-11(2)18(26)25-17-8-13(5-6-23-17)19(27)24-9-12-3-4-15(14(20)7-12)28-10-16(21)22/h3-8,11,16H,9-10H2,1-2H3,(H,24,27)(H,23,25,26). The van der Waals surface area contributed by atoms with Crippen molar-refractivity contribution < 1.29 is 23.1 Å². The second kappa shape index (κ2) is 9.98. The van der Waals surface area contributed by atoms with Crippen molar-refractivity contribution in [2.45, 2.75) is 26.8 Å². The van der Waals surface area contributed by atoms with Crippen LogP contribution in [0, 0.1) is 5.92 Å². The van der Waals surface area contributed by atoms with Crippen molar-refractivity contribution in [3.63, 3.8) is 0 Å². The molecule has 0 spiro atoms. The molecule has 150 valence electrons. The number of aromatic nitrogens is 1. The third-order valence-electron chi connectivity index (χ3n) is 3.61. The van der Waals surface area contributed by atoms with E-state index in [0.29, 0.717) is 11.1 Å². The van der Waals surface area contributed by atoms with Crippen LogP contribution in [-0.4, -0.2) is 29.8 Å². The number of anilines is 1. The highest BCUT2D eigenvalue weighted by molar-refractivity contribution is 6.32. The SMILES string of the molecule is CC(C)C(=O)Nc1cc(C(=O)NCc2ccc(OCC(F)F)c(Cl)c2)ccn1. The van der Waals surface area contributed by atoms with Gasteiger partial charge in [0, 0.05) is 24.2 Å². The summed E-state index contributed by atoms with van der Waals surface area (Å²) in [6, 6.07) is 7.62. The fourth-order valence-corrected chi connectivity index (χ4v) is 2.38. The normalized spacial score (nSPS) is 10.8. The lowest BCUT2D eigenvalue weighted by atomic mass is 10.2. The number of nitrogens with one attached hydrogen (secondary N) is 2. The molecule has 6 nitrogen and oxygen atoms in total. The molecular weight excluding hydrogens is 392 g/mol. The average Bonchev–Trinajstić information content (AvgIpc) is 2.65. The molecule has 0 aliphatic rings. The number of pyridine rings is 1. The Balaban J connectivity index is 1.96. The molecule has 0 aliphatic heterocycles. The van der Waals surface area contributed by atoms with E-state index in [4.69, 9.17) is 16.3 Å². The lowest BCUT2D eigenvalue weighted by Crippen LogP contribution is -2.23. The highest BCUT2D eigenvalue weighted by atomic mass is 35.5. The summed E-state index contributed by atoms with van der Waals surface area (Å²) in [7, 11) is 0. The summed E-state index contributed by atoms with van der Waals surface area (Å²) >= 11 is 6.01. The molecule has 0 unspecified atom stereocenters. The fourth-order valence-electron chi connectivity index (χ4n) is 2.12. The number of benzene rings is 1. The Labute approximate surface area is 166 Å². The third-order valence-corrected chi connectivity index (χ3v) is 3.91. The predicted molar refractivity (Wildman–Crippen MR) is 102 cm³/mol. The minimum atomic E-state index is -2.59. The number of halogens is 3. The summed E-state index contributed by atoms with van der Waals surface area (Å²) in [5.41, 5.74) is 1.00. The maximum Gasteiger partial charge on any atom is 0.272 e. The molecule has 1 heterocycles. The molecule has 1 aromatic carbocycles. The van der Waals surface area contributed by atoms with Gasteiger partial charge in [0.25, 0.3) is 12.3 Å². The third kappa shape index (κ3) is 6.45. The van der Waals surface area contributed by atoms with E-state index in [2.05, 4.69) is 15.6 Å². The van der Waals surface area contributed by atoms with Crippen molar-refractivity contribution in [3.05, 3.63) is 52.7 Å². The molecule has 0 atom stereocenters. The summed E-state index contributed by atoms with van der Waals surface area (Å²) < 4.78 is 29.3. The molecule has 28 heavy (non-hydrogen) atoms. The van der Waals surface area contributed by atoms with Gasteiger partial charge < -0.3 is 15.4 Å². The first-order valence-electron chi connectivity index (χ1n) is 8.50. The van der Waals surface area contributed by atoms with Crippen LogP contribution in [-0.2, 0) is 11.3 Å². The van der Waals surface area contributed by atoms with Gasteiger partial charge >= 0.3 is 0 Å². The summed E-state index contributed by atoms with van der Waals surface area (Å²) in [6.07, 6.45) is -1.16. The van der Waals surface area contributed by atoms with E-state index in [1.54, 1.807) is 19.9 Å². The fraction of sp³-hybridized carbons (Fsp3) is 0.316. The highest BCUT2D eigenvalue weighted by Crippen LogP contribution is 2.26. The zero-order valence-corrected chi connectivity index (χ0v) is 16.1. The molecule has 0 radical (unpaired) electrons. The molecule has 2 aromatic rings. The van der Waals surface area contributed by atoms with Crippen LogP contribution >= 0.6 is 11.6 Å². The monoisotopic (exact) mass is 411 g/mol. The Bertz CT molecular complexity index is 847. The van der Waals surface area contributed by atoms with Gasteiger partial charge in [-0.25, -0.2) is 13.8 Å². The number of hydrogen-bond acceptors (Lipinski definition) is 4. The smallest absolute Gasteiger partial charge is 0.272 e. The van der Waals surface area contributed by atoms with Crippen molar-refractivity contribution in [2.24, 2.45) is 5.92 Å². The lowest BCUT2D eigenvalue weighted by Gasteiger charge is -2.11. The van der Waals surface area contributed by atoms with Crippen LogP contribution in [0.15, 0.2) is 36.5 Å². The molecule has 0 saturated carbocycles. The number of ether oxygens (including phenoxy) is 1. The van der Waals surface area contributed by atoms with Crippen molar-refractivity contribution in [1.82, 2.24) is 10.3 Å². The number of rotatable bonds is 8. The van der Waals surface area contributed by atoms with Crippen molar-refractivity contribution in [1.29, 1.82) is 0 Å². The topological polar surface area (TPSA) is 80.3 Å². The largest absolute Gasteiger partial charge is 0.486 e. The number of amides is 2. The maximum absolute atomic E-state index is 12.3. The first-order chi connectivity index (χ1) is 13.3. The van der Waals surface area contributed by atoms with E-state index in [1.807, 2.05) is 0 Å². The van der Waals surface area contributed by atoms with Crippen molar-refractivity contribution in [3.8, 4) is 5.75 Å². The number of hydrogen-bond donors (Lipinski definition) is 2. The summed E-state index contributed by atoms with van der Waals surface area (Å²) in [4.78, 5) is 28.1. The van der Waals surface area contributed by atoms with Crippen LogP contribution in [0.2, 0.25) is 5.02 Å². The molecule has 0 aliphatic carbocycles. The van der Waals surface area contributed by atoms with Crippen LogP contribution in [0.25, 0.3) is 0 Å². The van der Waals surface area contributed by atoms with Gasteiger partial charge in [0.15, 0.2) is 0 Å². The Hall–Kier alpha value is -2.74. The van der Waals surface area contributed by atoms with Gasteiger partial charge in [-0.2, -0.15) is 0 Å². The summed E-state index contributed by atoms with van der Waals surface area (Å²) in [6.45, 7) is 2.93. The second-order valence-electron chi connectivity index (χ2n) is 6.22. The van der Waals surface area contributed by atoms with Gasteiger partial charge in [-0.1, -0.05) is 31.5 Å². The van der Waals surface area contributed by atoms with Crippen molar-refractivity contribution >= 4 is 29.2 Å². The Morgan fingerprint density at radius 3 is 2.61 bits per heavy atom. The van der Waals surface area contributed by atoms with Crippen molar-refractivity contribution in [2.75, 3.05) is 11.9 Å². The van der Waals surface area contributed by atoms with Crippen LogP contribution < -0.4 is 15.4 Å². The van der Waals surface area contributed by atoms with Gasteiger partial charge in [0.1, 0.15) is 18.2 Å². The minimum Gasteiger partial charge on any atom is -0.486 e. The summed E-state index contributed by atoms with van der Waals surface area (Å²) in [5.74, 6) is -0.339. The van der Waals surface area contributed by atoms with E-state index >= 15 is 0 Å². The average molecular weight is 412 g/mol. The molecule has 0 fully saturated rings. The van der Waals surface area contributed by atoms with Gasteiger partial charge in [-0.3, -0.25) is 9.59 Å². The van der Waals surface area contributed by atoms with Gasteiger partial charge in [0.2, 0.25) is 5.91 Å². The number of alkyl halides is 2. The molecule has 9 heteroatoms. The van der Waals surface area contributed by atoms with Crippen LogP contribution in [0.1, 0.15) is 29.8 Å². The van der Waals surface area contributed by atoms with E-state index in [0.717, 1.165) is 0 Å². The van der Waals surface area contributed by atoms with Gasteiger partial charge in [-0.05, 0) is 29.8 Å². The molecular formula is C19H20ClF2N3O3. The molecule has 2 N–H and O–H groups in total. The van der Waals surface area contributed by atoms with E-state index in [-0.39, 0.29) is 40.9 Å². The molecule has 1 aromatic heterocycles. The highest BCUT2D eigenvalue weighted by Gasteiger charge is 2.12. The Morgan fingerprint density at radius 1 is 1.21 bits per heavy atom. The van der Waals surface area contributed by atoms with Crippen LogP contribution in [0.3, 0.4) is 0 Å². The lowest BCUT2D eigenvalue weighted by molar-refractivity contribution is -0.118. The summed E-state index contributed by atoms with van der Waals surface area (Å²) in [5, 5.41) is 5.52. The zero-order valence-electron chi connectivity index (χ0n) is 15.3. The van der Waals surface area contributed by atoms with E-state index in [1.165, 1.54) is 30.5 Å². The number of carbonyl (C=O) groups excluding carboxylic acids is 2. The molecule has 2 rings (SSSR count). The number of nitrogens with zero attached hydrogens (tertiary/aromatic N) is 1. The molecule has 0 bridgehead atoms. The van der Waals surface area contributed by atoms with Gasteiger partial charge in [-0.15, -0.1) is 0 Å².